The van der Waals surface area contributed by atoms with Crippen LogP contribution in [0, 0.1) is 0 Å². The largest absolute Gasteiger partial charge is 0.490 e. The summed E-state index contributed by atoms with van der Waals surface area (Å²) in [7, 11) is -2.27. The molecule has 3 aromatic rings. The van der Waals surface area contributed by atoms with Gasteiger partial charge in [-0.1, -0.05) is 22.8 Å². The number of piperidine rings is 1. The van der Waals surface area contributed by atoms with Crippen LogP contribution in [-0.2, 0) is 19.8 Å². The zero-order chi connectivity index (χ0) is 28.3. The normalized spacial score (nSPS) is 17.7. The minimum Gasteiger partial charge on any atom is -0.490 e. The van der Waals surface area contributed by atoms with E-state index in [4.69, 9.17) is 35.1 Å². The Hall–Kier alpha value is -3.49. The van der Waals surface area contributed by atoms with Crippen molar-refractivity contribution in [3.05, 3.63) is 57.4 Å². The average molecular weight is 608 g/mol. The highest BCUT2D eigenvalue weighted by molar-refractivity contribution is 7.86. The second-order valence-electron chi connectivity index (χ2n) is 9.19. The quantitative estimate of drug-likeness (QED) is 0.331. The van der Waals surface area contributed by atoms with E-state index in [1.165, 1.54) is 25.7 Å². The topological polar surface area (TPSA) is 142 Å². The molecule has 0 N–H and O–H groups in total. The molecule has 2 aromatic heterocycles. The van der Waals surface area contributed by atoms with Crippen LogP contribution >= 0.6 is 22.9 Å². The van der Waals surface area contributed by atoms with Crippen LogP contribution in [0.25, 0.3) is 0 Å². The van der Waals surface area contributed by atoms with Gasteiger partial charge in [-0.25, -0.2) is 9.97 Å². The van der Waals surface area contributed by atoms with Crippen LogP contribution in [0.3, 0.4) is 0 Å². The van der Waals surface area contributed by atoms with Gasteiger partial charge in [0.25, 0.3) is 11.8 Å². The van der Waals surface area contributed by atoms with Crippen LogP contribution in [0.5, 0.6) is 17.4 Å². The number of rotatable bonds is 9. The molecule has 0 spiro atoms. The highest BCUT2D eigenvalue weighted by atomic mass is 35.5. The number of ether oxygens (including phenoxy) is 2. The molecule has 40 heavy (non-hydrogen) atoms. The second kappa shape index (κ2) is 11.9. The van der Waals surface area contributed by atoms with Crippen molar-refractivity contribution in [1.29, 1.82) is 0 Å². The standard InChI is InChI=1S/C25H26ClN5O7S2/c1-35-21-11-27-14-28-24(21)36-12-22(32)31-8-6-15(7-9-31)25-29-18(13-39-25)17-10-20(37-30-17)23-16(26)4-3-5-19(23)38-40(2,33)34/h3-5,11,13-15,20H,6-10,12H2,1-2H3. The number of hydrogen-bond acceptors (Lipinski definition) is 12. The van der Waals surface area contributed by atoms with Crippen LogP contribution in [0.1, 0.15) is 47.5 Å². The Morgan fingerprint density at radius 1 is 1.25 bits per heavy atom. The van der Waals surface area contributed by atoms with Crippen molar-refractivity contribution in [2.24, 2.45) is 5.16 Å². The zero-order valence-corrected chi connectivity index (χ0v) is 24.0. The number of hydrogen-bond donors (Lipinski definition) is 0. The molecule has 4 heterocycles. The van der Waals surface area contributed by atoms with Crippen LogP contribution in [0.2, 0.25) is 5.02 Å². The minimum absolute atomic E-state index is 0.110. The number of oxime groups is 1. The number of aromatic nitrogens is 3. The molecular weight excluding hydrogens is 582 g/mol. The highest BCUT2D eigenvalue weighted by Gasteiger charge is 2.32. The van der Waals surface area contributed by atoms with Gasteiger partial charge in [-0.15, -0.1) is 11.3 Å². The molecule has 1 amide bonds. The number of likely N-dealkylation sites (tertiary alicyclic amines) is 1. The molecule has 0 saturated carbocycles. The highest BCUT2D eigenvalue weighted by Crippen LogP contribution is 2.40. The number of methoxy groups -OCH3 is 1. The zero-order valence-electron chi connectivity index (χ0n) is 21.6. The van der Waals surface area contributed by atoms with E-state index < -0.39 is 16.2 Å². The fraction of sp³-hybridized carbons (Fsp3) is 0.400. The van der Waals surface area contributed by atoms with Crippen molar-refractivity contribution < 1.29 is 31.7 Å². The molecule has 1 saturated heterocycles. The van der Waals surface area contributed by atoms with Gasteiger partial charge in [0.2, 0.25) is 0 Å². The van der Waals surface area contributed by atoms with Gasteiger partial charge >= 0.3 is 10.1 Å². The molecule has 5 rings (SSSR count). The third-order valence-electron chi connectivity index (χ3n) is 6.46. The van der Waals surface area contributed by atoms with Crippen LogP contribution in [0.4, 0.5) is 0 Å². The van der Waals surface area contributed by atoms with Crippen molar-refractivity contribution in [3.63, 3.8) is 0 Å². The molecule has 2 aliphatic heterocycles. The van der Waals surface area contributed by atoms with E-state index in [-0.39, 0.29) is 30.1 Å². The van der Waals surface area contributed by atoms with Gasteiger partial charge in [0.05, 0.1) is 40.9 Å². The molecule has 1 atom stereocenters. The first kappa shape index (κ1) is 28.1. The number of amides is 1. The second-order valence-corrected chi connectivity index (χ2v) is 12.1. The van der Waals surface area contributed by atoms with E-state index in [1.54, 1.807) is 28.4 Å². The lowest BCUT2D eigenvalue weighted by Crippen LogP contribution is -2.40. The molecule has 1 aromatic carbocycles. The first-order valence-electron chi connectivity index (χ1n) is 12.3. The third-order valence-corrected chi connectivity index (χ3v) is 8.28. The Balaban J connectivity index is 1.16. The van der Waals surface area contributed by atoms with E-state index >= 15 is 0 Å². The summed E-state index contributed by atoms with van der Waals surface area (Å²) in [5, 5.41) is 7.43. The van der Waals surface area contributed by atoms with Crippen molar-refractivity contribution >= 4 is 44.7 Å². The lowest BCUT2D eigenvalue weighted by atomic mass is 9.97. The molecule has 0 radical (unpaired) electrons. The average Bonchev–Trinajstić information content (AvgIpc) is 3.62. The molecule has 0 bridgehead atoms. The summed E-state index contributed by atoms with van der Waals surface area (Å²) in [5.41, 5.74) is 1.76. The third kappa shape index (κ3) is 6.45. The monoisotopic (exact) mass is 607 g/mol. The fourth-order valence-corrected chi connectivity index (χ4v) is 6.27. The van der Waals surface area contributed by atoms with Gasteiger partial charge < -0.3 is 23.4 Å². The summed E-state index contributed by atoms with van der Waals surface area (Å²) >= 11 is 7.91. The van der Waals surface area contributed by atoms with Crippen molar-refractivity contribution in [2.75, 3.05) is 33.1 Å². The first-order valence-corrected chi connectivity index (χ1v) is 15.4. The molecule has 12 nitrogen and oxygen atoms in total. The summed E-state index contributed by atoms with van der Waals surface area (Å²) in [6.07, 6.45) is 5.07. The Labute approximate surface area is 240 Å². The molecule has 2 aliphatic rings. The van der Waals surface area contributed by atoms with E-state index in [0.29, 0.717) is 47.3 Å². The molecule has 212 valence electrons. The predicted octanol–water partition coefficient (Wildman–Crippen LogP) is 3.58. The van der Waals surface area contributed by atoms with Gasteiger partial charge in [0.1, 0.15) is 12.0 Å². The SMILES string of the molecule is COc1cncnc1OCC(=O)N1CCC(c2nc(C3=NOC(c4c(Cl)cccc4OS(C)(=O)=O)C3)cs2)CC1. The molecular formula is C25H26ClN5O7S2. The molecule has 0 aliphatic carbocycles. The van der Waals surface area contributed by atoms with Crippen LogP contribution in [0.15, 0.2) is 41.3 Å². The Morgan fingerprint density at radius 2 is 2.05 bits per heavy atom. The Bertz CT molecular complexity index is 1520. The number of thiazole rings is 1. The van der Waals surface area contributed by atoms with E-state index in [1.807, 2.05) is 5.38 Å². The van der Waals surface area contributed by atoms with Crippen LogP contribution < -0.4 is 13.7 Å². The predicted molar refractivity (Wildman–Crippen MR) is 147 cm³/mol. The van der Waals surface area contributed by atoms with Gasteiger partial charge in [0, 0.05) is 30.8 Å². The summed E-state index contributed by atoms with van der Waals surface area (Å²) in [6.45, 7) is 1.04. The fourth-order valence-electron chi connectivity index (χ4n) is 4.51. The minimum atomic E-state index is -3.75. The number of nitrogens with zero attached hydrogens (tertiary/aromatic N) is 5. The number of halogens is 1. The summed E-state index contributed by atoms with van der Waals surface area (Å²) < 4.78 is 39.2. The first-order chi connectivity index (χ1) is 19.2. The maximum absolute atomic E-state index is 12.7. The van der Waals surface area contributed by atoms with E-state index in [0.717, 1.165) is 24.1 Å². The Kier molecular flexibility index (Phi) is 8.38. The lowest BCUT2D eigenvalue weighted by Gasteiger charge is -2.31. The Morgan fingerprint density at radius 3 is 2.80 bits per heavy atom. The van der Waals surface area contributed by atoms with Gasteiger partial charge in [-0.2, -0.15) is 13.4 Å². The maximum atomic E-state index is 12.7. The molecule has 15 heteroatoms. The summed E-state index contributed by atoms with van der Waals surface area (Å²) in [6, 6.07) is 4.78. The van der Waals surface area contributed by atoms with E-state index in [2.05, 4.69) is 15.1 Å². The molecule has 1 fully saturated rings. The summed E-state index contributed by atoms with van der Waals surface area (Å²) in [4.78, 5) is 32.8. The smallest absolute Gasteiger partial charge is 0.306 e. The van der Waals surface area contributed by atoms with Gasteiger partial charge in [0.15, 0.2) is 24.2 Å². The lowest BCUT2D eigenvalue weighted by molar-refractivity contribution is -0.134. The van der Waals surface area contributed by atoms with Crippen molar-refractivity contribution in [3.8, 4) is 17.4 Å². The molecule has 1 unspecified atom stereocenters. The number of benzene rings is 1. The van der Waals surface area contributed by atoms with Gasteiger partial charge in [-0.05, 0) is 25.0 Å². The van der Waals surface area contributed by atoms with Gasteiger partial charge in [-0.3, -0.25) is 4.79 Å². The summed E-state index contributed by atoms with van der Waals surface area (Å²) in [5.74, 6) is 0.791. The van der Waals surface area contributed by atoms with Crippen molar-refractivity contribution in [1.82, 2.24) is 19.9 Å². The van der Waals surface area contributed by atoms with Crippen LogP contribution in [-0.4, -0.2) is 73.0 Å². The van der Waals surface area contributed by atoms with E-state index in [9.17, 15) is 13.2 Å². The number of carbonyl (C=O) groups excluding carboxylic acids is 1. The number of carbonyl (C=O) groups is 1. The maximum Gasteiger partial charge on any atom is 0.306 e. The van der Waals surface area contributed by atoms with Crippen molar-refractivity contribution in [2.45, 2.75) is 31.3 Å².